The number of hydrogen-bond donors (Lipinski definition) is 2. The Kier molecular flexibility index (Phi) is 4.12. The van der Waals surface area contributed by atoms with Crippen molar-refractivity contribution in [3.63, 3.8) is 0 Å². The molecule has 2 rings (SSSR count). The lowest BCUT2D eigenvalue weighted by molar-refractivity contribution is 0.0909. The van der Waals surface area contributed by atoms with E-state index in [-0.39, 0.29) is 11.3 Å². The van der Waals surface area contributed by atoms with Crippen LogP contribution in [-0.4, -0.2) is 22.2 Å². The monoisotopic (exact) mass is 264 g/mol. The molecule has 1 aromatic heterocycles. The van der Waals surface area contributed by atoms with Gasteiger partial charge in [-0.3, -0.25) is 9.48 Å². The number of carbonyl (C=O) groups is 1. The Morgan fingerprint density at radius 1 is 1.47 bits per heavy atom. The van der Waals surface area contributed by atoms with Crippen LogP contribution >= 0.6 is 0 Å². The van der Waals surface area contributed by atoms with Crippen molar-refractivity contribution in [3.8, 4) is 0 Å². The van der Waals surface area contributed by atoms with E-state index in [1.54, 1.807) is 10.9 Å². The molecular formula is C14H24N4O. The summed E-state index contributed by atoms with van der Waals surface area (Å²) in [5.41, 5.74) is 6.99. The molecule has 1 fully saturated rings. The summed E-state index contributed by atoms with van der Waals surface area (Å²) in [6.07, 6.45) is 7.77. The van der Waals surface area contributed by atoms with Crippen molar-refractivity contribution in [1.29, 1.82) is 0 Å². The van der Waals surface area contributed by atoms with Gasteiger partial charge in [-0.05, 0) is 25.2 Å². The number of nitrogen functional groups attached to an aromatic ring is 1. The van der Waals surface area contributed by atoms with Crippen molar-refractivity contribution in [3.05, 3.63) is 11.9 Å². The maximum absolute atomic E-state index is 12.2. The third kappa shape index (κ3) is 3.08. The number of aromatic nitrogens is 2. The number of amides is 1. The van der Waals surface area contributed by atoms with E-state index in [0.29, 0.717) is 17.9 Å². The smallest absolute Gasteiger partial charge is 0.271 e. The summed E-state index contributed by atoms with van der Waals surface area (Å²) < 4.78 is 1.65. The molecule has 1 saturated carbocycles. The number of anilines is 1. The number of carbonyl (C=O) groups excluding carboxylic acids is 1. The van der Waals surface area contributed by atoms with Gasteiger partial charge in [0.15, 0.2) is 0 Å². The predicted octanol–water partition coefficient (Wildman–Crippen LogP) is 2.19. The fourth-order valence-corrected chi connectivity index (χ4v) is 2.85. The average molecular weight is 264 g/mol. The van der Waals surface area contributed by atoms with Crippen LogP contribution in [0.25, 0.3) is 0 Å². The molecule has 5 nitrogen and oxygen atoms in total. The molecule has 0 unspecified atom stereocenters. The molecule has 0 spiro atoms. The van der Waals surface area contributed by atoms with Gasteiger partial charge in [-0.25, -0.2) is 0 Å². The molecule has 0 aliphatic heterocycles. The largest absolute Gasteiger partial charge is 0.396 e. The van der Waals surface area contributed by atoms with Crippen molar-refractivity contribution in [2.45, 2.75) is 52.5 Å². The van der Waals surface area contributed by atoms with Gasteiger partial charge in [-0.15, -0.1) is 0 Å². The second kappa shape index (κ2) is 5.63. The van der Waals surface area contributed by atoms with Crippen LogP contribution in [0.4, 0.5) is 5.69 Å². The molecule has 106 valence electrons. The SMILES string of the molecule is CCn1ncc(N)c1C(=O)NCC1(C)CCCCC1. The van der Waals surface area contributed by atoms with Crippen LogP contribution in [0.5, 0.6) is 0 Å². The zero-order chi connectivity index (χ0) is 13.9. The molecule has 0 bridgehead atoms. The summed E-state index contributed by atoms with van der Waals surface area (Å²) in [7, 11) is 0. The summed E-state index contributed by atoms with van der Waals surface area (Å²) in [4.78, 5) is 12.2. The zero-order valence-electron chi connectivity index (χ0n) is 11.9. The van der Waals surface area contributed by atoms with E-state index in [0.717, 1.165) is 6.54 Å². The Morgan fingerprint density at radius 2 is 2.16 bits per heavy atom. The second-order valence-corrected chi connectivity index (χ2v) is 5.82. The van der Waals surface area contributed by atoms with Crippen molar-refractivity contribution in [1.82, 2.24) is 15.1 Å². The zero-order valence-corrected chi connectivity index (χ0v) is 11.9. The van der Waals surface area contributed by atoms with Crippen molar-refractivity contribution >= 4 is 11.6 Å². The fraction of sp³-hybridized carbons (Fsp3) is 0.714. The predicted molar refractivity (Wildman–Crippen MR) is 75.8 cm³/mol. The average Bonchev–Trinajstić information content (AvgIpc) is 2.78. The highest BCUT2D eigenvalue weighted by atomic mass is 16.2. The van der Waals surface area contributed by atoms with Gasteiger partial charge in [0, 0.05) is 13.1 Å². The molecule has 19 heavy (non-hydrogen) atoms. The minimum Gasteiger partial charge on any atom is -0.396 e. The summed E-state index contributed by atoms with van der Waals surface area (Å²) in [5.74, 6) is -0.108. The summed E-state index contributed by atoms with van der Waals surface area (Å²) >= 11 is 0. The molecule has 1 aliphatic rings. The van der Waals surface area contributed by atoms with Gasteiger partial charge in [-0.2, -0.15) is 5.10 Å². The van der Waals surface area contributed by atoms with Gasteiger partial charge in [0.05, 0.1) is 11.9 Å². The topological polar surface area (TPSA) is 72.9 Å². The lowest BCUT2D eigenvalue weighted by Crippen LogP contribution is -2.38. The number of aryl methyl sites for hydroxylation is 1. The van der Waals surface area contributed by atoms with E-state index in [1.165, 1.54) is 32.1 Å². The van der Waals surface area contributed by atoms with Crippen LogP contribution < -0.4 is 11.1 Å². The number of nitrogens with one attached hydrogen (secondary N) is 1. The van der Waals surface area contributed by atoms with Crippen LogP contribution in [0.1, 0.15) is 56.4 Å². The first-order valence-electron chi connectivity index (χ1n) is 7.15. The van der Waals surface area contributed by atoms with Gasteiger partial charge in [0.1, 0.15) is 5.69 Å². The van der Waals surface area contributed by atoms with Crippen molar-refractivity contribution < 1.29 is 4.79 Å². The lowest BCUT2D eigenvalue weighted by Gasteiger charge is -2.33. The third-order valence-electron chi connectivity index (χ3n) is 4.12. The Balaban J connectivity index is 1.99. The van der Waals surface area contributed by atoms with E-state index in [9.17, 15) is 4.79 Å². The Bertz CT molecular complexity index is 446. The first kappa shape index (κ1) is 13.9. The first-order chi connectivity index (χ1) is 9.06. The van der Waals surface area contributed by atoms with Gasteiger partial charge in [0.25, 0.3) is 5.91 Å². The Morgan fingerprint density at radius 3 is 2.79 bits per heavy atom. The van der Waals surface area contributed by atoms with E-state index < -0.39 is 0 Å². The molecule has 0 saturated heterocycles. The van der Waals surface area contributed by atoms with Crippen LogP contribution in [0, 0.1) is 5.41 Å². The van der Waals surface area contributed by atoms with Crippen LogP contribution in [0.15, 0.2) is 6.20 Å². The number of nitrogens with two attached hydrogens (primary N) is 1. The molecule has 1 heterocycles. The number of hydrogen-bond acceptors (Lipinski definition) is 3. The summed E-state index contributed by atoms with van der Waals surface area (Å²) in [5, 5.41) is 7.13. The first-order valence-corrected chi connectivity index (χ1v) is 7.15. The minimum absolute atomic E-state index is 0.108. The van der Waals surface area contributed by atoms with Crippen LogP contribution in [0.3, 0.4) is 0 Å². The molecule has 1 aliphatic carbocycles. The van der Waals surface area contributed by atoms with E-state index in [1.807, 2.05) is 6.92 Å². The highest BCUT2D eigenvalue weighted by Crippen LogP contribution is 2.35. The Hall–Kier alpha value is -1.52. The third-order valence-corrected chi connectivity index (χ3v) is 4.12. The molecule has 0 atom stereocenters. The van der Waals surface area contributed by atoms with Crippen molar-refractivity contribution in [2.75, 3.05) is 12.3 Å². The van der Waals surface area contributed by atoms with Crippen LogP contribution in [0.2, 0.25) is 0 Å². The maximum atomic E-state index is 12.2. The highest BCUT2D eigenvalue weighted by Gasteiger charge is 2.28. The molecular weight excluding hydrogens is 240 g/mol. The van der Waals surface area contributed by atoms with Gasteiger partial charge in [0.2, 0.25) is 0 Å². The normalized spacial score (nSPS) is 18.2. The van der Waals surface area contributed by atoms with Gasteiger partial charge < -0.3 is 11.1 Å². The quantitative estimate of drug-likeness (QED) is 0.875. The van der Waals surface area contributed by atoms with Gasteiger partial charge >= 0.3 is 0 Å². The van der Waals surface area contributed by atoms with E-state index >= 15 is 0 Å². The number of nitrogens with zero attached hydrogens (tertiary/aromatic N) is 2. The molecule has 3 N–H and O–H groups in total. The molecule has 0 aromatic carbocycles. The number of rotatable bonds is 4. The maximum Gasteiger partial charge on any atom is 0.271 e. The van der Waals surface area contributed by atoms with Crippen molar-refractivity contribution in [2.24, 2.45) is 5.41 Å². The van der Waals surface area contributed by atoms with E-state index in [4.69, 9.17) is 5.73 Å². The fourth-order valence-electron chi connectivity index (χ4n) is 2.85. The summed E-state index contributed by atoms with van der Waals surface area (Å²) in [6.45, 7) is 5.58. The molecule has 1 aromatic rings. The summed E-state index contributed by atoms with van der Waals surface area (Å²) in [6, 6.07) is 0. The highest BCUT2D eigenvalue weighted by molar-refractivity contribution is 5.97. The second-order valence-electron chi connectivity index (χ2n) is 5.82. The van der Waals surface area contributed by atoms with E-state index in [2.05, 4.69) is 17.3 Å². The molecule has 5 heteroatoms. The standard InChI is InChI=1S/C14H24N4O/c1-3-18-12(11(15)9-17-18)13(19)16-10-14(2)7-5-4-6-8-14/h9H,3-8,10,15H2,1-2H3,(H,16,19). The van der Waals surface area contributed by atoms with Crippen LogP contribution in [-0.2, 0) is 6.54 Å². The van der Waals surface area contributed by atoms with Gasteiger partial charge in [-0.1, -0.05) is 26.2 Å². The Labute approximate surface area is 114 Å². The lowest BCUT2D eigenvalue weighted by atomic mass is 9.76. The molecule has 1 amide bonds. The minimum atomic E-state index is -0.108. The molecule has 0 radical (unpaired) electrons.